The third-order valence-electron chi connectivity index (χ3n) is 3.51. The van der Waals surface area contributed by atoms with Crippen LogP contribution in [0.15, 0.2) is 24.3 Å². The van der Waals surface area contributed by atoms with Crippen LogP contribution in [-0.4, -0.2) is 19.8 Å². The van der Waals surface area contributed by atoms with Crippen molar-refractivity contribution in [2.75, 3.05) is 19.8 Å². The van der Waals surface area contributed by atoms with Gasteiger partial charge >= 0.3 is 0 Å². The highest BCUT2D eigenvalue weighted by Gasteiger charge is 2.17. The average molecular weight is 219 g/mol. The van der Waals surface area contributed by atoms with Crippen LogP contribution in [0.3, 0.4) is 0 Å². The third-order valence-corrected chi connectivity index (χ3v) is 3.51. The summed E-state index contributed by atoms with van der Waals surface area (Å²) in [5.74, 6) is 1.18. The summed E-state index contributed by atoms with van der Waals surface area (Å²) in [5, 5.41) is 0. The van der Waals surface area contributed by atoms with Crippen LogP contribution in [0.4, 0.5) is 0 Å². The molecule has 1 aromatic rings. The van der Waals surface area contributed by atoms with Crippen molar-refractivity contribution in [3.8, 4) is 0 Å². The van der Waals surface area contributed by atoms with Gasteiger partial charge < -0.3 is 10.5 Å². The van der Waals surface area contributed by atoms with Crippen LogP contribution in [0, 0.1) is 0 Å². The molecule has 0 bridgehead atoms. The summed E-state index contributed by atoms with van der Waals surface area (Å²) in [6.07, 6.45) is 2.23. The molecular formula is C14H21NO. The molecule has 0 spiro atoms. The van der Waals surface area contributed by atoms with Crippen LogP contribution in [0.25, 0.3) is 0 Å². The van der Waals surface area contributed by atoms with Gasteiger partial charge in [-0.3, -0.25) is 0 Å². The molecule has 1 aliphatic heterocycles. The van der Waals surface area contributed by atoms with Crippen LogP contribution < -0.4 is 5.73 Å². The average Bonchev–Trinajstić information content (AvgIpc) is 2.83. The smallest absolute Gasteiger partial charge is 0.0535 e. The lowest BCUT2D eigenvalue weighted by molar-refractivity contribution is 0.194. The van der Waals surface area contributed by atoms with Gasteiger partial charge in [-0.2, -0.15) is 0 Å². The standard InChI is InChI=1S/C14H21NO/c1-11(6-8-15)12-2-4-13(5-3-12)14-7-9-16-10-14/h2-5,11,14H,6-10,15H2,1H3. The van der Waals surface area contributed by atoms with Gasteiger partial charge in [-0.25, -0.2) is 0 Å². The maximum Gasteiger partial charge on any atom is 0.0535 e. The highest BCUT2D eigenvalue weighted by atomic mass is 16.5. The molecule has 1 saturated heterocycles. The van der Waals surface area contributed by atoms with E-state index in [0.717, 1.165) is 32.6 Å². The second kappa shape index (κ2) is 5.46. The molecule has 2 N–H and O–H groups in total. The van der Waals surface area contributed by atoms with Crippen LogP contribution in [0.2, 0.25) is 0 Å². The van der Waals surface area contributed by atoms with Crippen molar-refractivity contribution in [1.82, 2.24) is 0 Å². The predicted molar refractivity (Wildman–Crippen MR) is 66.7 cm³/mol. The molecule has 2 nitrogen and oxygen atoms in total. The van der Waals surface area contributed by atoms with E-state index in [1.54, 1.807) is 0 Å². The molecule has 2 rings (SSSR count). The van der Waals surface area contributed by atoms with Crippen LogP contribution in [0.1, 0.15) is 42.7 Å². The van der Waals surface area contributed by atoms with Crippen molar-refractivity contribution in [2.45, 2.75) is 31.6 Å². The highest BCUT2D eigenvalue weighted by Crippen LogP contribution is 2.27. The van der Waals surface area contributed by atoms with E-state index in [1.165, 1.54) is 11.1 Å². The van der Waals surface area contributed by atoms with Crippen molar-refractivity contribution in [2.24, 2.45) is 5.73 Å². The zero-order chi connectivity index (χ0) is 11.4. The molecule has 0 saturated carbocycles. The minimum absolute atomic E-state index is 0.568. The van der Waals surface area contributed by atoms with Gasteiger partial charge in [0.15, 0.2) is 0 Å². The van der Waals surface area contributed by atoms with Gasteiger partial charge in [-0.15, -0.1) is 0 Å². The molecule has 2 atom stereocenters. The third kappa shape index (κ3) is 2.63. The summed E-state index contributed by atoms with van der Waals surface area (Å²) in [5.41, 5.74) is 8.39. The normalized spacial score (nSPS) is 22.2. The van der Waals surface area contributed by atoms with Crippen molar-refractivity contribution in [1.29, 1.82) is 0 Å². The molecule has 1 heterocycles. The van der Waals surface area contributed by atoms with E-state index in [0.29, 0.717) is 11.8 Å². The Kier molecular flexibility index (Phi) is 3.97. The molecule has 0 amide bonds. The van der Waals surface area contributed by atoms with Gasteiger partial charge in [0.25, 0.3) is 0 Å². The summed E-state index contributed by atoms with van der Waals surface area (Å²) in [7, 11) is 0. The van der Waals surface area contributed by atoms with E-state index in [2.05, 4.69) is 31.2 Å². The first-order valence-corrected chi connectivity index (χ1v) is 6.19. The Morgan fingerprint density at radius 3 is 2.69 bits per heavy atom. The first-order chi connectivity index (χ1) is 7.81. The Balaban J connectivity index is 2.03. The van der Waals surface area contributed by atoms with E-state index < -0.39 is 0 Å². The van der Waals surface area contributed by atoms with Gasteiger partial charge in [0, 0.05) is 12.5 Å². The lowest BCUT2D eigenvalue weighted by Gasteiger charge is -2.13. The minimum Gasteiger partial charge on any atom is -0.381 e. The predicted octanol–water partition coefficient (Wildman–Crippen LogP) is 2.64. The van der Waals surface area contributed by atoms with Crippen molar-refractivity contribution >= 4 is 0 Å². The molecule has 0 aromatic heterocycles. The number of benzene rings is 1. The quantitative estimate of drug-likeness (QED) is 0.845. The fraction of sp³-hybridized carbons (Fsp3) is 0.571. The fourth-order valence-electron chi connectivity index (χ4n) is 2.31. The monoisotopic (exact) mass is 219 g/mol. The van der Waals surface area contributed by atoms with Gasteiger partial charge in [-0.05, 0) is 36.4 Å². The topological polar surface area (TPSA) is 35.2 Å². The van der Waals surface area contributed by atoms with E-state index in [-0.39, 0.29) is 0 Å². The molecule has 1 aromatic carbocycles. The van der Waals surface area contributed by atoms with E-state index in [9.17, 15) is 0 Å². The fourth-order valence-corrected chi connectivity index (χ4v) is 2.31. The van der Waals surface area contributed by atoms with Gasteiger partial charge in [-0.1, -0.05) is 31.2 Å². The summed E-state index contributed by atoms with van der Waals surface area (Å²) in [6.45, 7) is 4.80. The largest absolute Gasteiger partial charge is 0.381 e. The lowest BCUT2D eigenvalue weighted by atomic mass is 9.93. The molecule has 1 aliphatic rings. The highest BCUT2D eigenvalue weighted by molar-refractivity contribution is 5.28. The molecular weight excluding hydrogens is 198 g/mol. The Morgan fingerprint density at radius 2 is 2.12 bits per heavy atom. The van der Waals surface area contributed by atoms with Crippen molar-refractivity contribution < 1.29 is 4.74 Å². The zero-order valence-corrected chi connectivity index (χ0v) is 9.99. The maximum absolute atomic E-state index is 5.58. The second-order valence-electron chi connectivity index (χ2n) is 4.71. The van der Waals surface area contributed by atoms with Gasteiger partial charge in [0.05, 0.1) is 6.61 Å². The van der Waals surface area contributed by atoms with E-state index in [4.69, 9.17) is 10.5 Å². The summed E-state index contributed by atoms with van der Waals surface area (Å²) in [6, 6.07) is 8.99. The SMILES string of the molecule is CC(CCN)c1ccc(C2CCOC2)cc1. The molecule has 0 radical (unpaired) electrons. The Morgan fingerprint density at radius 1 is 1.38 bits per heavy atom. The molecule has 2 unspecified atom stereocenters. The number of hydrogen-bond acceptors (Lipinski definition) is 2. The Labute approximate surface area is 97.8 Å². The van der Waals surface area contributed by atoms with Crippen molar-refractivity contribution in [3.05, 3.63) is 35.4 Å². The van der Waals surface area contributed by atoms with Gasteiger partial charge in [0.1, 0.15) is 0 Å². The molecule has 0 aliphatic carbocycles. The van der Waals surface area contributed by atoms with E-state index in [1.807, 2.05) is 0 Å². The number of hydrogen-bond donors (Lipinski definition) is 1. The number of ether oxygens (including phenoxy) is 1. The Bertz CT molecular complexity index is 314. The zero-order valence-electron chi connectivity index (χ0n) is 9.99. The summed E-state index contributed by atoms with van der Waals surface area (Å²) < 4.78 is 5.41. The second-order valence-corrected chi connectivity index (χ2v) is 4.71. The number of nitrogens with two attached hydrogens (primary N) is 1. The molecule has 88 valence electrons. The van der Waals surface area contributed by atoms with Crippen LogP contribution in [0.5, 0.6) is 0 Å². The van der Waals surface area contributed by atoms with Crippen LogP contribution >= 0.6 is 0 Å². The van der Waals surface area contributed by atoms with E-state index >= 15 is 0 Å². The maximum atomic E-state index is 5.58. The first-order valence-electron chi connectivity index (χ1n) is 6.19. The van der Waals surface area contributed by atoms with Crippen molar-refractivity contribution in [3.63, 3.8) is 0 Å². The first kappa shape index (κ1) is 11.6. The summed E-state index contributed by atoms with van der Waals surface area (Å²) in [4.78, 5) is 0. The molecule has 1 fully saturated rings. The summed E-state index contributed by atoms with van der Waals surface area (Å²) >= 11 is 0. The molecule has 16 heavy (non-hydrogen) atoms. The minimum atomic E-state index is 0.568. The van der Waals surface area contributed by atoms with Gasteiger partial charge in [0.2, 0.25) is 0 Å². The van der Waals surface area contributed by atoms with Crippen LogP contribution in [-0.2, 0) is 4.74 Å². The number of rotatable bonds is 4. The Hall–Kier alpha value is -0.860. The lowest BCUT2D eigenvalue weighted by Crippen LogP contribution is -2.05. The molecule has 2 heteroatoms.